The van der Waals surface area contributed by atoms with Crippen LogP contribution in [0, 0.1) is 34.6 Å². The van der Waals surface area contributed by atoms with Gasteiger partial charge in [0.05, 0.1) is 10.2 Å². The number of nitrogens with zero attached hydrogens (tertiary/aromatic N) is 1. The number of aromatic nitrogens is 1. The molecule has 0 unspecified atom stereocenters. The Morgan fingerprint density at radius 2 is 1.60 bits per heavy atom. The number of aryl methyl sites for hydroxylation is 4. The maximum Gasteiger partial charge on any atom is 0.0894 e. The van der Waals surface area contributed by atoms with E-state index in [0.717, 1.165) is 6.42 Å². The van der Waals surface area contributed by atoms with Crippen molar-refractivity contribution in [2.75, 3.05) is 0 Å². The summed E-state index contributed by atoms with van der Waals surface area (Å²) in [6.07, 6.45) is 3.11. The second kappa shape index (κ2) is 4.56. The van der Waals surface area contributed by atoms with Crippen molar-refractivity contribution in [2.24, 2.45) is 0 Å². The lowest BCUT2D eigenvalue weighted by Crippen LogP contribution is -1.96. The third-order valence-electron chi connectivity index (χ3n) is 4.74. The molecule has 3 rings (SSSR count). The molecule has 0 spiro atoms. The first-order valence-electron chi connectivity index (χ1n) is 7.24. The molecule has 0 aliphatic heterocycles. The summed E-state index contributed by atoms with van der Waals surface area (Å²) in [4.78, 5) is 4.75. The average Bonchev–Trinajstić information content (AvgIpc) is 2.81. The molecule has 0 bridgehead atoms. The Bertz CT molecular complexity index is 840. The van der Waals surface area contributed by atoms with Crippen molar-refractivity contribution in [3.63, 3.8) is 0 Å². The summed E-state index contributed by atoms with van der Waals surface area (Å²) < 4.78 is 2.78. The van der Waals surface area contributed by atoms with Gasteiger partial charge in [0.15, 0.2) is 0 Å². The highest BCUT2D eigenvalue weighted by Crippen LogP contribution is 2.41. The number of benzene rings is 1. The molecule has 0 aliphatic carbocycles. The largest absolute Gasteiger partial charge is 0.254 e. The summed E-state index contributed by atoms with van der Waals surface area (Å²) in [6.45, 7) is 13.4. The van der Waals surface area contributed by atoms with Gasteiger partial charge in [-0.05, 0) is 74.4 Å². The van der Waals surface area contributed by atoms with E-state index in [2.05, 4.69) is 41.5 Å². The molecule has 2 heteroatoms. The zero-order chi connectivity index (χ0) is 14.6. The van der Waals surface area contributed by atoms with Gasteiger partial charge in [0.2, 0.25) is 0 Å². The fourth-order valence-electron chi connectivity index (χ4n) is 3.21. The lowest BCUT2D eigenvalue weighted by molar-refractivity contribution is 1.08. The molecule has 0 saturated heterocycles. The van der Waals surface area contributed by atoms with Gasteiger partial charge in [0, 0.05) is 16.3 Å². The van der Waals surface area contributed by atoms with Crippen LogP contribution < -0.4 is 0 Å². The van der Waals surface area contributed by atoms with E-state index in [0.29, 0.717) is 0 Å². The van der Waals surface area contributed by atoms with Gasteiger partial charge in [-0.1, -0.05) is 6.92 Å². The summed E-state index contributed by atoms with van der Waals surface area (Å²) in [6, 6.07) is 0. The van der Waals surface area contributed by atoms with Crippen LogP contribution in [0.4, 0.5) is 0 Å². The first-order chi connectivity index (χ1) is 9.47. The Hall–Kier alpha value is -1.41. The molecule has 0 aliphatic rings. The van der Waals surface area contributed by atoms with E-state index in [-0.39, 0.29) is 0 Å². The zero-order valence-electron chi connectivity index (χ0n) is 13.1. The van der Waals surface area contributed by atoms with Crippen LogP contribution in [0.1, 0.15) is 40.3 Å². The van der Waals surface area contributed by atoms with E-state index in [1.165, 1.54) is 53.7 Å². The van der Waals surface area contributed by atoms with Crippen molar-refractivity contribution in [1.82, 2.24) is 4.98 Å². The summed E-state index contributed by atoms with van der Waals surface area (Å²) >= 11 is 1.91. The Morgan fingerprint density at radius 3 is 2.25 bits per heavy atom. The standard InChI is InChI=1S/C18H21NS/c1-7-14-11(4)12(5)17-15(13(14)6)16-18(20-17)10(3)9(2)8-19-16/h8H,7H2,1-6H3. The second-order valence-corrected chi connectivity index (χ2v) is 6.78. The highest BCUT2D eigenvalue weighted by atomic mass is 32.1. The minimum Gasteiger partial charge on any atom is -0.254 e. The number of fused-ring (bicyclic) bond motifs is 3. The number of rotatable bonds is 1. The van der Waals surface area contributed by atoms with Crippen LogP contribution in [0.3, 0.4) is 0 Å². The van der Waals surface area contributed by atoms with Crippen LogP contribution >= 0.6 is 11.3 Å². The zero-order valence-corrected chi connectivity index (χ0v) is 14.0. The molecule has 0 saturated carbocycles. The van der Waals surface area contributed by atoms with Crippen LogP contribution in [-0.2, 0) is 6.42 Å². The van der Waals surface area contributed by atoms with E-state index >= 15 is 0 Å². The van der Waals surface area contributed by atoms with Crippen molar-refractivity contribution < 1.29 is 0 Å². The fraction of sp³-hybridized carbons (Fsp3) is 0.389. The third-order valence-corrected chi connectivity index (χ3v) is 6.16. The Labute approximate surface area is 124 Å². The second-order valence-electron chi connectivity index (χ2n) is 5.76. The highest BCUT2D eigenvalue weighted by Gasteiger charge is 2.17. The molecule has 2 heterocycles. The number of hydrogen-bond acceptors (Lipinski definition) is 2. The molecule has 0 atom stereocenters. The lowest BCUT2D eigenvalue weighted by Gasteiger charge is -2.13. The van der Waals surface area contributed by atoms with Gasteiger partial charge in [0.1, 0.15) is 0 Å². The first-order valence-corrected chi connectivity index (χ1v) is 8.06. The van der Waals surface area contributed by atoms with Crippen molar-refractivity contribution in [1.29, 1.82) is 0 Å². The molecule has 1 aromatic carbocycles. The monoisotopic (exact) mass is 283 g/mol. The van der Waals surface area contributed by atoms with E-state index < -0.39 is 0 Å². The van der Waals surface area contributed by atoms with Crippen LogP contribution in [0.25, 0.3) is 20.3 Å². The van der Waals surface area contributed by atoms with Crippen LogP contribution in [0.5, 0.6) is 0 Å². The molecule has 1 nitrogen and oxygen atoms in total. The van der Waals surface area contributed by atoms with E-state index in [1.807, 2.05) is 17.5 Å². The van der Waals surface area contributed by atoms with E-state index in [9.17, 15) is 0 Å². The van der Waals surface area contributed by atoms with Crippen LogP contribution in [0.2, 0.25) is 0 Å². The van der Waals surface area contributed by atoms with Gasteiger partial charge in [-0.3, -0.25) is 4.98 Å². The molecule has 0 amide bonds. The first kappa shape index (κ1) is 13.6. The molecule has 0 radical (unpaired) electrons. The van der Waals surface area contributed by atoms with Gasteiger partial charge in [0.25, 0.3) is 0 Å². The van der Waals surface area contributed by atoms with Crippen molar-refractivity contribution in [3.05, 3.63) is 39.6 Å². The predicted molar refractivity (Wildman–Crippen MR) is 90.2 cm³/mol. The quantitative estimate of drug-likeness (QED) is 0.570. The van der Waals surface area contributed by atoms with Gasteiger partial charge >= 0.3 is 0 Å². The number of thiophene rings is 1. The maximum absolute atomic E-state index is 4.75. The maximum atomic E-state index is 4.75. The number of hydrogen-bond donors (Lipinski definition) is 0. The molecule has 3 aromatic rings. The Balaban J connectivity index is 2.62. The Morgan fingerprint density at radius 1 is 0.900 bits per heavy atom. The van der Waals surface area contributed by atoms with Crippen molar-refractivity contribution in [2.45, 2.75) is 48.0 Å². The van der Waals surface area contributed by atoms with Crippen LogP contribution in [0.15, 0.2) is 6.20 Å². The molecule has 20 heavy (non-hydrogen) atoms. The minimum atomic E-state index is 1.09. The SMILES string of the molecule is CCc1c(C)c(C)c2sc3c(C)c(C)cnc3c2c1C. The summed E-state index contributed by atoms with van der Waals surface area (Å²) in [5.41, 5.74) is 9.67. The lowest BCUT2D eigenvalue weighted by atomic mass is 9.93. The summed E-state index contributed by atoms with van der Waals surface area (Å²) in [7, 11) is 0. The Kier molecular flexibility index (Phi) is 3.09. The van der Waals surface area contributed by atoms with Crippen molar-refractivity contribution in [3.8, 4) is 0 Å². The third kappa shape index (κ3) is 1.64. The topological polar surface area (TPSA) is 12.9 Å². The minimum absolute atomic E-state index is 1.09. The fourth-order valence-corrected chi connectivity index (χ4v) is 4.64. The van der Waals surface area contributed by atoms with Crippen LogP contribution in [-0.4, -0.2) is 4.98 Å². The smallest absolute Gasteiger partial charge is 0.0894 e. The summed E-state index contributed by atoms with van der Waals surface area (Å²) in [5, 5.41) is 1.38. The van der Waals surface area contributed by atoms with E-state index in [1.54, 1.807) is 0 Å². The molecule has 0 fully saturated rings. The normalized spacial score (nSPS) is 11.7. The van der Waals surface area contributed by atoms with Gasteiger partial charge in [-0.15, -0.1) is 11.3 Å². The van der Waals surface area contributed by atoms with Gasteiger partial charge < -0.3 is 0 Å². The molecule has 2 aromatic heterocycles. The summed E-state index contributed by atoms with van der Waals surface area (Å²) in [5.74, 6) is 0. The predicted octanol–water partition coefficient (Wildman–Crippen LogP) is 5.55. The molecule has 0 N–H and O–H groups in total. The highest BCUT2D eigenvalue weighted by molar-refractivity contribution is 7.26. The number of pyridine rings is 1. The van der Waals surface area contributed by atoms with Gasteiger partial charge in [-0.25, -0.2) is 0 Å². The molecular weight excluding hydrogens is 262 g/mol. The molecular formula is C18H21NS. The van der Waals surface area contributed by atoms with Gasteiger partial charge in [-0.2, -0.15) is 0 Å². The van der Waals surface area contributed by atoms with Crippen molar-refractivity contribution >= 4 is 31.6 Å². The average molecular weight is 283 g/mol. The molecule has 104 valence electrons. The van der Waals surface area contributed by atoms with E-state index in [4.69, 9.17) is 4.98 Å².